The van der Waals surface area contributed by atoms with Crippen LogP contribution in [0.5, 0.6) is 0 Å². The van der Waals surface area contributed by atoms with Gasteiger partial charge in [0.05, 0.1) is 6.54 Å². The lowest BCUT2D eigenvalue weighted by Crippen LogP contribution is -2.41. The summed E-state index contributed by atoms with van der Waals surface area (Å²) in [6.45, 7) is 7.38. The maximum atomic E-state index is 12.2. The molecular formula is C15H22ClN3O. The van der Waals surface area contributed by atoms with Crippen molar-refractivity contribution in [2.45, 2.75) is 26.3 Å². The highest BCUT2D eigenvalue weighted by Crippen LogP contribution is 2.19. The Balaban J connectivity index is 1.93. The van der Waals surface area contributed by atoms with Crippen LogP contribution < -0.4 is 10.6 Å². The monoisotopic (exact) mass is 295 g/mol. The van der Waals surface area contributed by atoms with Gasteiger partial charge in [0.2, 0.25) is 5.91 Å². The van der Waals surface area contributed by atoms with Gasteiger partial charge in [0.15, 0.2) is 0 Å². The number of benzene rings is 1. The largest absolute Gasteiger partial charge is 0.325 e. The first-order valence-corrected chi connectivity index (χ1v) is 7.48. The second-order valence-electron chi connectivity index (χ2n) is 5.22. The highest BCUT2D eigenvalue weighted by Gasteiger charge is 2.22. The minimum Gasteiger partial charge on any atom is -0.325 e. The number of nitrogens with one attached hydrogen (secondary N) is 2. The van der Waals surface area contributed by atoms with Crippen molar-refractivity contribution in [3.8, 4) is 0 Å². The van der Waals surface area contributed by atoms with Gasteiger partial charge in [-0.3, -0.25) is 9.69 Å². The van der Waals surface area contributed by atoms with Crippen molar-refractivity contribution in [2.24, 2.45) is 0 Å². The van der Waals surface area contributed by atoms with E-state index in [1.807, 2.05) is 19.1 Å². The van der Waals surface area contributed by atoms with E-state index in [0.29, 0.717) is 17.6 Å². The molecule has 0 saturated carbocycles. The number of hydrogen-bond acceptors (Lipinski definition) is 3. The summed E-state index contributed by atoms with van der Waals surface area (Å²) in [5.74, 6) is 0.0316. The second-order valence-corrected chi connectivity index (χ2v) is 5.65. The Bertz CT molecular complexity index is 472. The average molecular weight is 296 g/mol. The van der Waals surface area contributed by atoms with E-state index in [2.05, 4.69) is 22.5 Å². The molecule has 0 spiro atoms. The molecule has 1 aliphatic rings. The second kappa shape index (κ2) is 7.07. The van der Waals surface area contributed by atoms with E-state index in [4.69, 9.17) is 11.6 Å². The summed E-state index contributed by atoms with van der Waals surface area (Å²) in [5, 5.41) is 6.99. The summed E-state index contributed by atoms with van der Waals surface area (Å²) in [6.07, 6.45) is 1.11. The first kappa shape index (κ1) is 15.3. The fraction of sp³-hybridized carbons (Fsp3) is 0.533. The third-order valence-electron chi connectivity index (χ3n) is 3.77. The van der Waals surface area contributed by atoms with Gasteiger partial charge >= 0.3 is 0 Å². The van der Waals surface area contributed by atoms with Crippen LogP contribution in [0.2, 0.25) is 5.02 Å². The Morgan fingerprint density at radius 1 is 1.55 bits per heavy atom. The molecule has 1 saturated heterocycles. The number of hydrogen-bond donors (Lipinski definition) is 2. The molecule has 2 N–H and O–H groups in total. The maximum absolute atomic E-state index is 12.2. The smallest absolute Gasteiger partial charge is 0.238 e. The molecular weight excluding hydrogens is 274 g/mol. The van der Waals surface area contributed by atoms with Crippen molar-refractivity contribution in [2.75, 3.05) is 31.5 Å². The van der Waals surface area contributed by atoms with Crippen LogP contribution in [-0.4, -0.2) is 43.0 Å². The number of rotatable bonds is 5. The topological polar surface area (TPSA) is 44.4 Å². The molecule has 2 rings (SSSR count). The quantitative estimate of drug-likeness (QED) is 0.876. The number of likely N-dealkylation sites (N-methyl/N-ethyl adjacent to an activating group) is 1. The van der Waals surface area contributed by atoms with Crippen LogP contribution in [0.1, 0.15) is 18.9 Å². The minimum atomic E-state index is 0.0316. The van der Waals surface area contributed by atoms with E-state index in [9.17, 15) is 4.79 Å². The van der Waals surface area contributed by atoms with E-state index in [-0.39, 0.29) is 5.91 Å². The lowest BCUT2D eigenvalue weighted by Gasteiger charge is -2.26. The number of carbonyl (C=O) groups excluding carboxylic acids is 1. The Kier molecular flexibility index (Phi) is 5.40. The van der Waals surface area contributed by atoms with Gasteiger partial charge in [-0.1, -0.05) is 18.5 Å². The van der Waals surface area contributed by atoms with Crippen molar-refractivity contribution >= 4 is 23.2 Å². The third kappa shape index (κ3) is 3.95. The number of halogens is 1. The third-order valence-corrected chi connectivity index (χ3v) is 4.00. The summed E-state index contributed by atoms with van der Waals surface area (Å²) < 4.78 is 0. The van der Waals surface area contributed by atoms with Gasteiger partial charge in [-0.05, 0) is 50.2 Å². The molecule has 0 bridgehead atoms. The van der Waals surface area contributed by atoms with Crippen molar-refractivity contribution in [3.05, 3.63) is 28.8 Å². The molecule has 110 valence electrons. The van der Waals surface area contributed by atoms with Crippen molar-refractivity contribution in [1.29, 1.82) is 0 Å². The van der Waals surface area contributed by atoms with Gasteiger partial charge in [-0.2, -0.15) is 0 Å². The first-order chi connectivity index (χ1) is 9.60. The average Bonchev–Trinajstić information content (AvgIpc) is 2.93. The molecule has 20 heavy (non-hydrogen) atoms. The SMILES string of the molecule is CCN(CC(=O)Nc1ccc(Cl)cc1C)C1CCNC1. The number of amides is 1. The lowest BCUT2D eigenvalue weighted by molar-refractivity contribution is -0.117. The molecule has 0 aromatic heterocycles. The zero-order valence-electron chi connectivity index (χ0n) is 12.1. The summed E-state index contributed by atoms with van der Waals surface area (Å²) >= 11 is 5.92. The van der Waals surface area contributed by atoms with E-state index >= 15 is 0 Å². The highest BCUT2D eigenvalue weighted by molar-refractivity contribution is 6.30. The molecule has 1 atom stereocenters. The summed E-state index contributed by atoms with van der Waals surface area (Å²) in [4.78, 5) is 14.4. The van der Waals surface area contributed by atoms with Gasteiger partial charge in [0, 0.05) is 23.3 Å². The molecule has 1 fully saturated rings. The van der Waals surface area contributed by atoms with Crippen molar-refractivity contribution in [3.63, 3.8) is 0 Å². The number of aryl methyl sites for hydroxylation is 1. The molecule has 1 aromatic rings. The van der Waals surface area contributed by atoms with Crippen LogP contribution in [0.4, 0.5) is 5.69 Å². The number of anilines is 1. The van der Waals surface area contributed by atoms with Crippen LogP contribution in [0.15, 0.2) is 18.2 Å². The maximum Gasteiger partial charge on any atom is 0.238 e. The molecule has 0 aliphatic carbocycles. The van der Waals surface area contributed by atoms with E-state index in [0.717, 1.165) is 37.3 Å². The van der Waals surface area contributed by atoms with E-state index in [1.54, 1.807) is 6.07 Å². The highest BCUT2D eigenvalue weighted by atomic mass is 35.5. The summed E-state index contributed by atoms with van der Waals surface area (Å²) in [7, 11) is 0. The van der Waals surface area contributed by atoms with Gasteiger partial charge in [0.1, 0.15) is 0 Å². The van der Waals surface area contributed by atoms with Crippen molar-refractivity contribution < 1.29 is 4.79 Å². The Hall–Kier alpha value is -1.10. The van der Waals surface area contributed by atoms with Gasteiger partial charge in [0.25, 0.3) is 0 Å². The fourth-order valence-electron chi connectivity index (χ4n) is 2.59. The Morgan fingerprint density at radius 3 is 2.95 bits per heavy atom. The van der Waals surface area contributed by atoms with Crippen LogP contribution in [-0.2, 0) is 4.79 Å². The van der Waals surface area contributed by atoms with Crippen LogP contribution in [0.25, 0.3) is 0 Å². The predicted molar refractivity (Wildman–Crippen MR) is 83.3 cm³/mol. The lowest BCUT2D eigenvalue weighted by atomic mass is 10.2. The molecule has 1 aromatic carbocycles. The van der Waals surface area contributed by atoms with Crippen LogP contribution in [0.3, 0.4) is 0 Å². The van der Waals surface area contributed by atoms with Crippen LogP contribution >= 0.6 is 11.6 Å². The zero-order valence-corrected chi connectivity index (χ0v) is 12.8. The molecule has 1 unspecified atom stereocenters. The predicted octanol–water partition coefficient (Wildman–Crippen LogP) is 2.27. The van der Waals surface area contributed by atoms with Crippen LogP contribution in [0, 0.1) is 6.92 Å². The number of carbonyl (C=O) groups is 1. The van der Waals surface area contributed by atoms with E-state index < -0.39 is 0 Å². The van der Waals surface area contributed by atoms with Gasteiger partial charge in [-0.15, -0.1) is 0 Å². The van der Waals surface area contributed by atoms with Crippen molar-refractivity contribution in [1.82, 2.24) is 10.2 Å². The minimum absolute atomic E-state index is 0.0316. The zero-order chi connectivity index (χ0) is 14.5. The summed E-state index contributed by atoms with van der Waals surface area (Å²) in [6, 6.07) is 5.97. The number of nitrogens with zero attached hydrogens (tertiary/aromatic N) is 1. The molecule has 1 amide bonds. The molecule has 1 heterocycles. The fourth-order valence-corrected chi connectivity index (χ4v) is 2.82. The first-order valence-electron chi connectivity index (χ1n) is 7.11. The normalized spacial score (nSPS) is 18.5. The van der Waals surface area contributed by atoms with Gasteiger partial charge in [-0.25, -0.2) is 0 Å². The molecule has 0 radical (unpaired) electrons. The molecule has 4 nitrogen and oxygen atoms in total. The summed E-state index contributed by atoms with van der Waals surface area (Å²) in [5.41, 5.74) is 1.82. The van der Waals surface area contributed by atoms with E-state index in [1.165, 1.54) is 0 Å². The molecule has 5 heteroatoms. The Morgan fingerprint density at radius 2 is 2.35 bits per heavy atom. The molecule has 1 aliphatic heterocycles. The standard InChI is InChI=1S/C15H22ClN3O/c1-3-19(13-6-7-17-9-13)10-15(20)18-14-5-4-12(16)8-11(14)2/h4-5,8,13,17H,3,6-7,9-10H2,1-2H3,(H,18,20). The van der Waals surface area contributed by atoms with Gasteiger partial charge < -0.3 is 10.6 Å². The Labute approximate surface area is 125 Å².